The van der Waals surface area contributed by atoms with Gasteiger partial charge in [0.1, 0.15) is 0 Å². The van der Waals surface area contributed by atoms with Gasteiger partial charge in [-0.25, -0.2) is 21.6 Å². The number of benzene rings is 1. The van der Waals surface area contributed by atoms with Crippen molar-refractivity contribution in [3.8, 4) is 0 Å². The summed E-state index contributed by atoms with van der Waals surface area (Å²) >= 11 is 0. The Kier molecular flexibility index (Phi) is 3.94. The molecule has 1 aromatic carbocycles. The number of aliphatic hydroxyl groups excluding tert-OH is 1. The van der Waals surface area contributed by atoms with E-state index in [1.807, 2.05) is 6.92 Å². The van der Waals surface area contributed by atoms with E-state index in [1.165, 1.54) is 6.07 Å². The summed E-state index contributed by atoms with van der Waals surface area (Å²) in [5, 5.41) is 9.64. The van der Waals surface area contributed by atoms with Crippen molar-refractivity contribution in [2.75, 3.05) is 11.5 Å². The van der Waals surface area contributed by atoms with Crippen LogP contribution in [0.5, 0.6) is 0 Å². The number of hydrogen-bond acceptors (Lipinski definition) is 5. The van der Waals surface area contributed by atoms with Crippen LogP contribution in [0.2, 0.25) is 0 Å². The first-order valence-corrected chi connectivity index (χ1v) is 9.39. The summed E-state index contributed by atoms with van der Waals surface area (Å²) in [5.74, 6) is -0.786. The van der Waals surface area contributed by atoms with Gasteiger partial charge in [-0.05, 0) is 25.5 Å². The van der Waals surface area contributed by atoms with Crippen molar-refractivity contribution in [3.05, 3.63) is 29.3 Å². The molecule has 2 rings (SSSR count). The van der Waals surface area contributed by atoms with E-state index in [-0.39, 0.29) is 10.6 Å². The van der Waals surface area contributed by atoms with E-state index in [1.54, 1.807) is 19.1 Å². The Balaban J connectivity index is 2.28. The highest BCUT2D eigenvalue weighted by Crippen LogP contribution is 2.19. The average Bonchev–Trinajstić information content (AvgIpc) is 2.50. The van der Waals surface area contributed by atoms with E-state index in [9.17, 15) is 21.9 Å². The van der Waals surface area contributed by atoms with Crippen LogP contribution in [-0.4, -0.2) is 45.6 Å². The minimum atomic E-state index is -3.85. The predicted octanol–water partition coefficient (Wildman–Crippen LogP) is -0.260. The van der Waals surface area contributed by atoms with E-state index in [2.05, 4.69) is 4.72 Å². The van der Waals surface area contributed by atoms with Crippen LogP contribution in [0.3, 0.4) is 0 Å². The molecule has 1 aliphatic heterocycles. The molecular weight excluding hydrogens is 302 g/mol. The van der Waals surface area contributed by atoms with Crippen LogP contribution >= 0.6 is 0 Å². The molecular formula is C12H17NO5S2. The van der Waals surface area contributed by atoms with Gasteiger partial charge in [0.25, 0.3) is 0 Å². The van der Waals surface area contributed by atoms with Crippen molar-refractivity contribution in [1.82, 2.24) is 4.72 Å². The fourth-order valence-electron chi connectivity index (χ4n) is 2.31. The van der Waals surface area contributed by atoms with E-state index in [0.717, 1.165) is 5.56 Å². The normalized spacial score (nSPS) is 25.8. The van der Waals surface area contributed by atoms with Gasteiger partial charge in [-0.3, -0.25) is 0 Å². The molecule has 0 aromatic heterocycles. The molecule has 20 heavy (non-hydrogen) atoms. The molecule has 0 spiro atoms. The highest BCUT2D eigenvalue weighted by molar-refractivity contribution is 7.92. The first-order chi connectivity index (χ1) is 9.11. The Morgan fingerprint density at radius 3 is 2.40 bits per heavy atom. The maximum atomic E-state index is 12.3. The molecule has 8 heteroatoms. The zero-order chi connectivity index (χ0) is 15.1. The number of aryl methyl sites for hydroxylation is 2. The van der Waals surface area contributed by atoms with Gasteiger partial charge in [-0.1, -0.05) is 17.7 Å². The fraction of sp³-hybridized carbons (Fsp3) is 0.500. The van der Waals surface area contributed by atoms with E-state index in [4.69, 9.17) is 0 Å². The lowest BCUT2D eigenvalue weighted by Gasteiger charge is -2.16. The lowest BCUT2D eigenvalue weighted by molar-refractivity contribution is 0.176. The highest BCUT2D eigenvalue weighted by atomic mass is 32.2. The molecule has 1 fully saturated rings. The predicted molar refractivity (Wildman–Crippen MR) is 74.7 cm³/mol. The van der Waals surface area contributed by atoms with E-state index < -0.39 is 37.8 Å². The second kappa shape index (κ2) is 5.10. The number of sulfone groups is 1. The molecule has 1 heterocycles. The maximum Gasteiger partial charge on any atom is 0.241 e. The first kappa shape index (κ1) is 15.4. The molecule has 6 nitrogen and oxygen atoms in total. The maximum absolute atomic E-state index is 12.3. The molecule has 2 N–H and O–H groups in total. The summed E-state index contributed by atoms with van der Waals surface area (Å²) in [6.07, 6.45) is -1.21. The van der Waals surface area contributed by atoms with Gasteiger partial charge in [0.05, 0.1) is 28.5 Å². The van der Waals surface area contributed by atoms with Crippen molar-refractivity contribution in [3.63, 3.8) is 0 Å². The summed E-state index contributed by atoms with van der Waals surface area (Å²) < 4.78 is 49.6. The van der Waals surface area contributed by atoms with Crippen LogP contribution in [0.4, 0.5) is 0 Å². The Morgan fingerprint density at radius 2 is 1.90 bits per heavy atom. The fourth-order valence-corrected chi connectivity index (χ4v) is 5.65. The molecule has 1 aromatic rings. The van der Waals surface area contributed by atoms with Crippen molar-refractivity contribution < 1.29 is 21.9 Å². The van der Waals surface area contributed by atoms with Crippen LogP contribution in [0.25, 0.3) is 0 Å². The van der Waals surface area contributed by atoms with Crippen LogP contribution in [0.1, 0.15) is 11.1 Å². The standard InChI is InChI=1S/C12H17NO5S2/c1-8-3-4-12(9(2)5-8)20(17,18)13-10-6-19(15,16)7-11(10)14/h3-5,10-11,13-14H,6-7H2,1-2H3/t10-,11+/m0/s1. The van der Waals surface area contributed by atoms with Crippen molar-refractivity contribution in [2.45, 2.75) is 30.9 Å². The second-order valence-electron chi connectivity index (χ2n) is 5.14. The first-order valence-electron chi connectivity index (χ1n) is 6.09. The lowest BCUT2D eigenvalue weighted by Crippen LogP contribution is -2.42. The van der Waals surface area contributed by atoms with Crippen LogP contribution in [0, 0.1) is 13.8 Å². The third-order valence-electron chi connectivity index (χ3n) is 3.25. The Hall–Kier alpha value is -0.960. The quantitative estimate of drug-likeness (QED) is 0.799. The molecule has 0 radical (unpaired) electrons. The third kappa shape index (κ3) is 3.20. The molecule has 0 aliphatic carbocycles. The third-order valence-corrected chi connectivity index (χ3v) is 6.62. The minimum Gasteiger partial charge on any atom is -0.390 e. The van der Waals surface area contributed by atoms with Crippen molar-refractivity contribution in [1.29, 1.82) is 0 Å². The van der Waals surface area contributed by atoms with Crippen LogP contribution < -0.4 is 4.72 Å². The van der Waals surface area contributed by atoms with Crippen molar-refractivity contribution >= 4 is 19.9 Å². The van der Waals surface area contributed by atoms with E-state index >= 15 is 0 Å². The summed E-state index contributed by atoms with van der Waals surface area (Å²) in [6.45, 7) is 3.52. The number of hydrogen-bond donors (Lipinski definition) is 2. The van der Waals surface area contributed by atoms with Gasteiger partial charge in [-0.2, -0.15) is 0 Å². The second-order valence-corrected chi connectivity index (χ2v) is 8.98. The molecule has 0 unspecified atom stereocenters. The molecule has 0 bridgehead atoms. The van der Waals surface area contributed by atoms with Gasteiger partial charge in [0, 0.05) is 0 Å². The number of rotatable bonds is 3. The summed E-state index contributed by atoms with van der Waals surface area (Å²) in [6, 6.07) is 3.88. The molecule has 0 amide bonds. The molecule has 1 aliphatic rings. The molecule has 0 saturated carbocycles. The Bertz CT molecular complexity index is 724. The summed E-state index contributed by atoms with van der Waals surface area (Å²) in [4.78, 5) is 0.0968. The monoisotopic (exact) mass is 319 g/mol. The lowest BCUT2D eigenvalue weighted by atomic mass is 10.2. The highest BCUT2D eigenvalue weighted by Gasteiger charge is 2.39. The molecule has 2 atom stereocenters. The molecule has 1 saturated heterocycles. The SMILES string of the molecule is Cc1ccc(S(=O)(=O)N[C@H]2CS(=O)(=O)C[C@H]2O)c(C)c1. The van der Waals surface area contributed by atoms with Gasteiger partial charge < -0.3 is 5.11 Å². The largest absolute Gasteiger partial charge is 0.390 e. The van der Waals surface area contributed by atoms with Gasteiger partial charge in [0.15, 0.2) is 9.84 Å². The zero-order valence-electron chi connectivity index (χ0n) is 11.2. The minimum absolute atomic E-state index is 0.0968. The number of nitrogens with one attached hydrogen (secondary N) is 1. The average molecular weight is 319 g/mol. The summed E-state index contributed by atoms with van der Waals surface area (Å²) in [5.41, 5.74) is 1.51. The smallest absolute Gasteiger partial charge is 0.241 e. The number of aliphatic hydroxyl groups is 1. The number of sulfonamides is 1. The van der Waals surface area contributed by atoms with Crippen molar-refractivity contribution in [2.24, 2.45) is 0 Å². The zero-order valence-corrected chi connectivity index (χ0v) is 12.8. The van der Waals surface area contributed by atoms with Gasteiger partial charge in [-0.15, -0.1) is 0 Å². The Morgan fingerprint density at radius 1 is 1.25 bits per heavy atom. The van der Waals surface area contributed by atoms with Gasteiger partial charge in [0.2, 0.25) is 10.0 Å². The molecule has 112 valence electrons. The van der Waals surface area contributed by atoms with E-state index in [0.29, 0.717) is 5.56 Å². The Labute approximate surface area is 118 Å². The topological polar surface area (TPSA) is 101 Å². The van der Waals surface area contributed by atoms with Crippen LogP contribution in [0.15, 0.2) is 23.1 Å². The van der Waals surface area contributed by atoms with Crippen LogP contribution in [-0.2, 0) is 19.9 Å². The van der Waals surface area contributed by atoms with Gasteiger partial charge >= 0.3 is 0 Å². The summed E-state index contributed by atoms with van der Waals surface area (Å²) in [7, 11) is -7.24.